The van der Waals surface area contributed by atoms with E-state index >= 15 is 8.78 Å². The van der Waals surface area contributed by atoms with E-state index in [4.69, 9.17) is 4.74 Å². The largest absolute Gasteiger partial charge is 0.461 e. The molecule has 2 N–H and O–H groups in total. The highest BCUT2D eigenvalue weighted by atomic mass is 19.4. The number of anilines is 1. The standard InChI is InChI=1S/C33H31F8N7O/c1-16-22(35)8-23-20(11-42-46-23)25(16)26-21(33(39,40)41)7-19-28(27(26)38)43-30(49-15-32-4-2-6-48(32)12-17(34)9-32)44-29(19)47-13-18-3-5-31(14-47,45-18)10-24(36)37/h7-8,10-11,17-18,45H,2-6,9,12-15H2,1H3,(H,42,46)/t17-,18+,31+,32?/m1/s1. The van der Waals surface area contributed by atoms with Crippen molar-refractivity contribution in [2.75, 3.05) is 37.7 Å². The fourth-order valence-electron chi connectivity index (χ4n) is 8.54. The molecule has 2 bridgehead atoms. The summed E-state index contributed by atoms with van der Waals surface area (Å²) in [5, 5.41) is 9.30. The minimum atomic E-state index is -5.12. The highest BCUT2D eigenvalue weighted by Crippen LogP contribution is 2.47. The second kappa shape index (κ2) is 11.2. The third kappa shape index (κ3) is 5.29. The second-order valence-electron chi connectivity index (χ2n) is 13.7. The molecule has 16 heteroatoms. The van der Waals surface area contributed by atoms with Crippen LogP contribution >= 0.6 is 0 Å². The number of hydrogen-bond donors (Lipinski definition) is 2. The highest BCUT2D eigenvalue weighted by molar-refractivity contribution is 6.02. The molecular weight excluding hydrogens is 662 g/mol. The van der Waals surface area contributed by atoms with Gasteiger partial charge in [0.25, 0.3) is 6.08 Å². The summed E-state index contributed by atoms with van der Waals surface area (Å²) in [6.07, 6.45) is -3.58. The first kappa shape index (κ1) is 32.2. The fraction of sp³-hybridized carbons (Fsp3) is 0.485. The topological polar surface area (TPSA) is 82.2 Å². The molecule has 49 heavy (non-hydrogen) atoms. The van der Waals surface area contributed by atoms with E-state index in [0.29, 0.717) is 25.8 Å². The predicted octanol–water partition coefficient (Wildman–Crippen LogP) is 6.82. The second-order valence-corrected chi connectivity index (χ2v) is 13.7. The smallest absolute Gasteiger partial charge is 0.417 e. The predicted molar refractivity (Wildman–Crippen MR) is 164 cm³/mol. The molecular formula is C33H31F8N7O. The molecule has 260 valence electrons. The Balaban J connectivity index is 1.34. The van der Waals surface area contributed by atoms with Crippen molar-refractivity contribution in [3.8, 4) is 17.1 Å². The Hall–Kier alpha value is -4.05. The average Bonchev–Trinajstić information content (AvgIpc) is 3.78. The number of aromatic amines is 1. The molecule has 2 aromatic carbocycles. The van der Waals surface area contributed by atoms with E-state index in [0.717, 1.165) is 24.6 Å². The lowest BCUT2D eigenvalue weighted by molar-refractivity contribution is -0.137. The number of ether oxygens (including phenoxy) is 1. The zero-order valence-corrected chi connectivity index (χ0v) is 26.2. The van der Waals surface area contributed by atoms with E-state index in [-0.39, 0.29) is 77.9 Å². The Morgan fingerprint density at radius 2 is 1.92 bits per heavy atom. The van der Waals surface area contributed by atoms with Gasteiger partial charge in [-0.05, 0) is 56.8 Å². The minimum Gasteiger partial charge on any atom is -0.461 e. The molecule has 6 heterocycles. The van der Waals surface area contributed by atoms with Gasteiger partial charge in [-0.25, -0.2) is 13.2 Å². The summed E-state index contributed by atoms with van der Waals surface area (Å²) in [5.74, 6) is -2.38. The van der Waals surface area contributed by atoms with Gasteiger partial charge in [0.1, 0.15) is 29.9 Å². The van der Waals surface area contributed by atoms with Crippen LogP contribution in [-0.2, 0) is 6.18 Å². The van der Waals surface area contributed by atoms with E-state index < -0.39 is 57.8 Å². The molecule has 0 spiro atoms. The van der Waals surface area contributed by atoms with Crippen molar-refractivity contribution in [1.82, 2.24) is 30.4 Å². The van der Waals surface area contributed by atoms with E-state index in [1.54, 1.807) is 4.90 Å². The van der Waals surface area contributed by atoms with Crippen LogP contribution in [0.1, 0.15) is 43.2 Å². The van der Waals surface area contributed by atoms with Gasteiger partial charge < -0.3 is 15.0 Å². The first-order valence-electron chi connectivity index (χ1n) is 16.1. The number of nitrogens with one attached hydrogen (secondary N) is 2. The number of halogens is 8. The van der Waals surface area contributed by atoms with Gasteiger partial charge in [0.15, 0.2) is 5.82 Å². The number of fused-ring (bicyclic) bond motifs is 5. The molecule has 4 atom stereocenters. The molecule has 4 fully saturated rings. The molecule has 2 aromatic heterocycles. The summed E-state index contributed by atoms with van der Waals surface area (Å²) in [7, 11) is 0. The van der Waals surface area contributed by atoms with E-state index in [9.17, 15) is 26.3 Å². The summed E-state index contributed by atoms with van der Waals surface area (Å²) in [5.41, 5.74) is -5.19. The third-order valence-electron chi connectivity index (χ3n) is 10.6. The van der Waals surface area contributed by atoms with E-state index in [1.807, 2.05) is 4.90 Å². The lowest BCUT2D eigenvalue weighted by Gasteiger charge is -2.40. The molecule has 8 nitrogen and oxygen atoms in total. The number of hydrogen-bond acceptors (Lipinski definition) is 7. The number of alkyl halides is 4. The monoisotopic (exact) mass is 693 g/mol. The van der Waals surface area contributed by atoms with Crippen molar-refractivity contribution >= 4 is 27.6 Å². The minimum absolute atomic E-state index is 0.0456. The summed E-state index contributed by atoms with van der Waals surface area (Å²) < 4.78 is 125. The molecule has 0 saturated carbocycles. The van der Waals surface area contributed by atoms with Gasteiger partial charge in [-0.3, -0.25) is 10.00 Å². The number of nitrogens with zero attached hydrogens (tertiary/aromatic N) is 5. The molecule has 8 rings (SSSR count). The molecule has 0 amide bonds. The number of aromatic nitrogens is 4. The zero-order chi connectivity index (χ0) is 34.5. The molecule has 4 aliphatic heterocycles. The molecule has 0 radical (unpaired) electrons. The Labute approximate surface area is 274 Å². The Kier molecular flexibility index (Phi) is 7.38. The van der Waals surface area contributed by atoms with Crippen molar-refractivity contribution in [3.05, 3.63) is 53.2 Å². The SMILES string of the molecule is Cc1c(F)cc2[nH]ncc2c1-c1c(C(F)(F)F)cc2c(N3C[C@@H]4CC[C@](C=C(F)F)(C3)N4)nc(OCC34CCCN3C[C@H](F)C4)nc2c1F. The fourth-order valence-corrected chi connectivity index (χ4v) is 8.54. The van der Waals surface area contributed by atoms with Gasteiger partial charge in [0.2, 0.25) is 0 Å². The number of rotatable bonds is 6. The van der Waals surface area contributed by atoms with E-state index in [1.165, 1.54) is 13.1 Å². The number of piperazine rings is 1. The maximum absolute atomic E-state index is 17.0. The lowest BCUT2D eigenvalue weighted by atomic mass is 9.90. The summed E-state index contributed by atoms with van der Waals surface area (Å²) in [4.78, 5) is 12.3. The van der Waals surface area contributed by atoms with Crippen molar-refractivity contribution in [3.63, 3.8) is 0 Å². The van der Waals surface area contributed by atoms with Crippen LogP contribution in [0.25, 0.3) is 32.9 Å². The normalized spacial score (nSPS) is 27.0. The molecule has 4 saturated heterocycles. The van der Waals surface area contributed by atoms with Crippen molar-refractivity contribution < 1.29 is 39.9 Å². The quantitative estimate of drug-likeness (QED) is 0.215. The van der Waals surface area contributed by atoms with Crippen LogP contribution in [0, 0.1) is 18.6 Å². The van der Waals surface area contributed by atoms with Crippen LogP contribution in [0.15, 0.2) is 30.5 Å². The average molecular weight is 694 g/mol. The summed E-state index contributed by atoms with van der Waals surface area (Å²) in [6.45, 7) is 2.20. The highest BCUT2D eigenvalue weighted by Gasteiger charge is 2.50. The number of benzene rings is 2. The molecule has 4 aromatic rings. The Morgan fingerprint density at radius 3 is 2.69 bits per heavy atom. The molecule has 0 aliphatic carbocycles. The van der Waals surface area contributed by atoms with Crippen molar-refractivity contribution in [1.29, 1.82) is 0 Å². The summed E-state index contributed by atoms with van der Waals surface area (Å²) in [6, 6.07) is 1.14. The van der Waals surface area contributed by atoms with Gasteiger partial charge in [0, 0.05) is 60.1 Å². The van der Waals surface area contributed by atoms with Crippen LogP contribution in [0.2, 0.25) is 0 Å². The van der Waals surface area contributed by atoms with Gasteiger partial charge in [0.05, 0.1) is 28.4 Å². The van der Waals surface area contributed by atoms with Gasteiger partial charge in [-0.15, -0.1) is 0 Å². The summed E-state index contributed by atoms with van der Waals surface area (Å²) >= 11 is 0. The van der Waals surface area contributed by atoms with Gasteiger partial charge >= 0.3 is 12.2 Å². The van der Waals surface area contributed by atoms with Gasteiger partial charge in [-0.1, -0.05) is 0 Å². The van der Waals surface area contributed by atoms with E-state index in [2.05, 4.69) is 25.5 Å². The third-order valence-corrected chi connectivity index (χ3v) is 10.6. The number of H-pyrrole nitrogens is 1. The first-order valence-corrected chi connectivity index (χ1v) is 16.1. The Bertz CT molecular complexity index is 2010. The lowest BCUT2D eigenvalue weighted by Crippen LogP contribution is -2.59. The Morgan fingerprint density at radius 1 is 1.10 bits per heavy atom. The molecule has 1 unspecified atom stereocenters. The van der Waals surface area contributed by atoms with Crippen LogP contribution < -0.4 is 15.0 Å². The van der Waals surface area contributed by atoms with Crippen LogP contribution in [0.3, 0.4) is 0 Å². The van der Waals surface area contributed by atoms with Crippen LogP contribution in [-0.4, -0.2) is 81.1 Å². The first-order chi connectivity index (χ1) is 23.3. The van der Waals surface area contributed by atoms with Crippen molar-refractivity contribution in [2.45, 2.75) is 68.5 Å². The molecule has 4 aliphatic rings. The van der Waals surface area contributed by atoms with Crippen LogP contribution in [0.5, 0.6) is 6.01 Å². The zero-order valence-electron chi connectivity index (χ0n) is 26.2. The maximum Gasteiger partial charge on any atom is 0.417 e. The van der Waals surface area contributed by atoms with Crippen molar-refractivity contribution in [2.24, 2.45) is 0 Å². The van der Waals surface area contributed by atoms with Crippen LogP contribution in [0.4, 0.5) is 40.9 Å². The van der Waals surface area contributed by atoms with Gasteiger partial charge in [-0.2, -0.15) is 37.0 Å². The maximum atomic E-state index is 17.0.